The van der Waals surface area contributed by atoms with Crippen molar-refractivity contribution in [1.29, 1.82) is 0 Å². The number of aromatic nitrogens is 4. The molecule has 2 aliphatic rings. The minimum absolute atomic E-state index is 0. The van der Waals surface area contributed by atoms with Crippen molar-refractivity contribution < 1.29 is 88.3 Å². The molecular weight excluding hydrogens is 619 g/mol. The zero-order valence-corrected chi connectivity index (χ0v) is 29.8. The van der Waals surface area contributed by atoms with Gasteiger partial charge in [-0.25, -0.2) is 9.78 Å². The summed E-state index contributed by atoms with van der Waals surface area (Å²) in [4.78, 5) is 41.1. The van der Waals surface area contributed by atoms with Gasteiger partial charge in [0, 0.05) is 57.3 Å². The van der Waals surface area contributed by atoms with Crippen LogP contribution in [0, 0.1) is 20.8 Å². The van der Waals surface area contributed by atoms with Gasteiger partial charge in [-0.1, -0.05) is 26.5 Å². The van der Waals surface area contributed by atoms with Crippen molar-refractivity contribution >= 4 is 51.2 Å². The van der Waals surface area contributed by atoms with E-state index in [4.69, 9.17) is 9.97 Å². The fraction of sp³-hybridized carbons (Fsp3) is 0.333. The monoisotopic (exact) mass is 654 g/mol. The van der Waals surface area contributed by atoms with Gasteiger partial charge in [-0.2, -0.15) is 0 Å². The van der Waals surface area contributed by atoms with Gasteiger partial charge in [-0.3, -0.25) is 9.78 Å². The molecule has 2 atom stereocenters. The van der Waals surface area contributed by atoms with Crippen LogP contribution in [-0.2, 0) is 33.1 Å². The molecule has 8 bridgehead atoms. The van der Waals surface area contributed by atoms with Crippen LogP contribution in [0.1, 0.15) is 96.0 Å². The van der Waals surface area contributed by atoms with Crippen LogP contribution in [0.15, 0.2) is 24.8 Å². The second kappa shape index (κ2) is 13.8. The Balaban J connectivity index is 0.00000253. The molecule has 5 rings (SSSR count). The summed E-state index contributed by atoms with van der Waals surface area (Å²) in [5, 5.41) is 19.7. The van der Waals surface area contributed by atoms with Crippen molar-refractivity contribution in [3.63, 3.8) is 0 Å². The Labute approximate surface area is 304 Å². The van der Waals surface area contributed by atoms with Crippen molar-refractivity contribution in [2.24, 2.45) is 0 Å². The summed E-state index contributed by atoms with van der Waals surface area (Å²) >= 11 is 0. The average molecular weight is 655 g/mol. The van der Waals surface area contributed by atoms with Gasteiger partial charge in [-0.05, 0) is 86.6 Å². The van der Waals surface area contributed by atoms with E-state index in [0.717, 1.165) is 56.4 Å². The van der Waals surface area contributed by atoms with Gasteiger partial charge in [0.1, 0.15) is 0 Å². The molecule has 0 saturated carbocycles. The van der Waals surface area contributed by atoms with E-state index in [-0.39, 0.29) is 92.3 Å². The average Bonchev–Trinajstić information content (AvgIpc) is 3.60. The molecule has 43 heavy (non-hydrogen) atoms. The molecule has 2 aliphatic heterocycles. The fourth-order valence-electron chi connectivity index (χ4n) is 6.32. The molecule has 0 aromatic carbocycles. The fourth-order valence-corrected chi connectivity index (χ4v) is 6.32. The molecule has 0 fully saturated rings. The van der Waals surface area contributed by atoms with E-state index in [9.17, 15) is 19.8 Å². The Bertz CT molecular complexity index is 1840. The molecule has 10 heteroatoms. The number of H-pyrrole nitrogens is 2. The van der Waals surface area contributed by atoms with Crippen LogP contribution in [0.5, 0.6) is 0 Å². The first-order valence-electron chi connectivity index (χ1n) is 14.0. The summed E-state index contributed by atoms with van der Waals surface area (Å²) in [5.74, 6) is -2.20. The van der Waals surface area contributed by atoms with Crippen molar-refractivity contribution in [3.05, 3.63) is 75.4 Å². The first-order chi connectivity index (χ1) is 19.5. The van der Waals surface area contributed by atoms with Gasteiger partial charge in [0.15, 0.2) is 0 Å². The Kier molecular flexibility index (Phi) is 11.3. The van der Waals surface area contributed by atoms with Gasteiger partial charge in [-0.15, -0.1) is 0 Å². The molecule has 221 valence electrons. The number of allylic oxidation sites excluding steroid dienone is 1. The predicted molar refractivity (Wildman–Crippen MR) is 163 cm³/mol. The van der Waals surface area contributed by atoms with Crippen molar-refractivity contribution in [2.75, 3.05) is 0 Å². The third kappa shape index (κ3) is 6.29. The Morgan fingerprint density at radius 2 is 1.60 bits per heavy atom. The molecule has 5 heterocycles. The number of hydrogen-bond donors (Lipinski definition) is 4. The molecule has 3 aromatic rings. The molecule has 0 saturated heterocycles. The van der Waals surface area contributed by atoms with E-state index in [0.29, 0.717) is 34.6 Å². The van der Waals surface area contributed by atoms with Gasteiger partial charge < -0.3 is 20.2 Å². The summed E-state index contributed by atoms with van der Waals surface area (Å²) < 4.78 is 0. The smallest absolute Gasteiger partial charge is 0.481 e. The number of aryl methyl sites for hydroxylation is 3. The van der Waals surface area contributed by atoms with Crippen molar-refractivity contribution in [1.82, 2.24) is 19.9 Å². The molecule has 4 N–H and O–H groups in total. The van der Waals surface area contributed by atoms with E-state index in [1.54, 1.807) is 6.92 Å². The third-order valence-electron chi connectivity index (χ3n) is 8.76. The van der Waals surface area contributed by atoms with Gasteiger partial charge in [0.2, 0.25) is 0 Å². The van der Waals surface area contributed by atoms with Crippen LogP contribution in [0.25, 0.3) is 39.3 Å². The van der Waals surface area contributed by atoms with Crippen LogP contribution >= 0.6 is 0 Å². The van der Waals surface area contributed by atoms with E-state index < -0.39 is 11.9 Å². The first kappa shape index (κ1) is 35.2. The summed E-state index contributed by atoms with van der Waals surface area (Å²) in [6.45, 7) is 16.0. The molecule has 0 aliphatic carbocycles. The number of fused-ring (bicyclic) bond motifs is 8. The minimum atomic E-state index is -1.05. The first-order valence-corrected chi connectivity index (χ1v) is 14.0. The molecular formula is C33H36CuKN4O4+3. The number of carboxylic acid groups (broad SMARTS) is 2. The molecule has 8 nitrogen and oxygen atoms in total. The minimum Gasteiger partial charge on any atom is -0.481 e. The number of carboxylic acids is 2. The normalized spacial score (nSPS) is 16.0. The summed E-state index contributed by atoms with van der Waals surface area (Å²) in [6, 6.07) is 6.04. The number of nitrogens with zero attached hydrogens (tertiary/aromatic N) is 2. The van der Waals surface area contributed by atoms with Crippen LogP contribution in [0.2, 0.25) is 0 Å². The topological polar surface area (TPSA) is 132 Å². The van der Waals surface area contributed by atoms with E-state index >= 15 is 0 Å². The number of rotatable bonds is 6. The SMILES string of the molecule is C=Cc1c(C)c2cc3nc(c(C)c4nc(cc5[nH]c(cc1[nH]2)c(C)c5CC)C(C)=C4C(=O)O)[C@@H](CCC(=O)O)[C@@H]3C.[Cu+2].[K+]. The number of aromatic amines is 2. The maximum absolute atomic E-state index is 12.5. The molecule has 1 radical (unpaired) electrons. The number of nitrogens with one attached hydrogen (secondary N) is 2. The van der Waals surface area contributed by atoms with Gasteiger partial charge >= 0.3 is 80.4 Å². The second-order valence-corrected chi connectivity index (χ2v) is 11.1. The van der Waals surface area contributed by atoms with Crippen LogP contribution in [0.3, 0.4) is 0 Å². The van der Waals surface area contributed by atoms with Crippen LogP contribution in [0.4, 0.5) is 0 Å². The molecule has 0 spiro atoms. The van der Waals surface area contributed by atoms with Crippen molar-refractivity contribution in [3.8, 4) is 0 Å². The largest absolute Gasteiger partial charge is 2.00 e. The van der Waals surface area contributed by atoms with E-state index in [2.05, 4.69) is 36.5 Å². The Morgan fingerprint density at radius 1 is 0.953 bits per heavy atom. The Hall–Kier alpha value is -2.30. The summed E-state index contributed by atoms with van der Waals surface area (Å²) in [7, 11) is 0. The molecule has 3 aromatic heterocycles. The van der Waals surface area contributed by atoms with Crippen molar-refractivity contribution in [2.45, 2.75) is 72.6 Å². The predicted octanol–water partition coefficient (Wildman–Crippen LogP) is 4.21. The van der Waals surface area contributed by atoms with E-state index in [1.807, 2.05) is 39.0 Å². The Morgan fingerprint density at radius 3 is 2.21 bits per heavy atom. The van der Waals surface area contributed by atoms with E-state index in [1.165, 1.54) is 0 Å². The van der Waals surface area contributed by atoms with Gasteiger partial charge in [0.25, 0.3) is 0 Å². The van der Waals surface area contributed by atoms with Crippen LogP contribution < -0.4 is 51.4 Å². The second-order valence-electron chi connectivity index (χ2n) is 11.1. The van der Waals surface area contributed by atoms with Crippen LogP contribution in [-0.4, -0.2) is 42.1 Å². The quantitative estimate of drug-likeness (QED) is 0.295. The summed E-state index contributed by atoms with van der Waals surface area (Å²) in [5.41, 5.74) is 11.8. The number of aliphatic carboxylic acids is 2. The third-order valence-corrected chi connectivity index (χ3v) is 8.76. The maximum atomic E-state index is 12.5. The molecule has 0 unspecified atom stereocenters. The number of carbonyl (C=O) groups is 2. The molecule has 0 amide bonds. The summed E-state index contributed by atoms with van der Waals surface area (Å²) in [6.07, 6.45) is 3.02. The standard InChI is InChI=1S/C33H36N4O4.Cu.K/c1-8-20-15(3)23-12-25-17(5)22(10-11-29(38)39)31(36-25)19(7)32-30(33(40)41)18(6)26(37-32)14-28-21(9-2)16(4)24(35-28)13-27(20)34-23;;/h8,12-14,17,22,34-35H,1,9-11H2,2-7H3,(H,38,39)(H,40,41);;/q;+2;+1/t17-,22-;;/m0../s1. The maximum Gasteiger partial charge on any atom is 2.00 e. The zero-order chi connectivity index (χ0) is 29.7. The zero-order valence-electron chi connectivity index (χ0n) is 25.7. The number of hydrogen-bond acceptors (Lipinski definition) is 4. The van der Waals surface area contributed by atoms with Gasteiger partial charge in [0.05, 0.1) is 17.0 Å².